The van der Waals surface area contributed by atoms with Gasteiger partial charge < -0.3 is 25.3 Å². The first kappa shape index (κ1) is 18.0. The van der Waals surface area contributed by atoms with Gasteiger partial charge in [0.05, 0.1) is 26.3 Å². The molecule has 0 unspecified atom stereocenters. The third-order valence-corrected chi connectivity index (χ3v) is 4.28. The van der Waals surface area contributed by atoms with E-state index < -0.39 is 0 Å². The van der Waals surface area contributed by atoms with Crippen molar-refractivity contribution in [2.45, 2.75) is 13.0 Å². The van der Waals surface area contributed by atoms with E-state index in [-0.39, 0.29) is 12.5 Å². The van der Waals surface area contributed by atoms with Gasteiger partial charge in [-0.25, -0.2) is 4.98 Å². The van der Waals surface area contributed by atoms with Gasteiger partial charge in [0.2, 0.25) is 0 Å². The Morgan fingerprint density at radius 3 is 2.46 bits per heavy atom. The van der Waals surface area contributed by atoms with Crippen LogP contribution in [0.3, 0.4) is 0 Å². The van der Waals surface area contributed by atoms with Crippen LogP contribution in [0.4, 0.5) is 0 Å². The molecule has 0 radical (unpaired) electrons. The predicted octanol–water partition coefficient (Wildman–Crippen LogP) is 1.60. The largest absolute Gasteiger partial charge is 0.496 e. The average molecular weight is 351 g/mol. The molecule has 8 heteroatoms. The van der Waals surface area contributed by atoms with Crippen LogP contribution in [-0.4, -0.2) is 38.8 Å². The zero-order valence-corrected chi connectivity index (χ0v) is 14.7. The minimum Gasteiger partial charge on any atom is -0.496 e. The van der Waals surface area contributed by atoms with Gasteiger partial charge in [-0.3, -0.25) is 4.79 Å². The molecule has 0 fully saturated rings. The lowest BCUT2D eigenvalue weighted by Gasteiger charge is -2.14. The molecule has 130 valence electrons. The Balaban J connectivity index is 2.11. The number of amides is 1. The van der Waals surface area contributed by atoms with Crippen LogP contribution < -0.4 is 25.3 Å². The number of carbonyl (C=O) groups excluding carboxylic acids is 1. The van der Waals surface area contributed by atoms with Crippen LogP contribution in [-0.2, 0) is 13.0 Å². The van der Waals surface area contributed by atoms with Crippen molar-refractivity contribution in [2.24, 2.45) is 5.73 Å². The second kappa shape index (κ2) is 8.51. The number of thiazole rings is 1. The van der Waals surface area contributed by atoms with E-state index in [0.717, 1.165) is 10.6 Å². The predicted molar refractivity (Wildman–Crippen MR) is 92.1 cm³/mol. The fourth-order valence-electron chi connectivity index (χ4n) is 2.15. The van der Waals surface area contributed by atoms with Gasteiger partial charge in [-0.2, -0.15) is 0 Å². The first-order chi connectivity index (χ1) is 11.6. The number of nitrogens with zero attached hydrogens (tertiary/aromatic N) is 1. The number of nitrogens with one attached hydrogen (secondary N) is 1. The smallest absolute Gasteiger partial charge is 0.271 e. The molecule has 0 spiro atoms. The van der Waals surface area contributed by atoms with Crippen LogP contribution in [0.1, 0.15) is 21.1 Å². The molecule has 24 heavy (non-hydrogen) atoms. The highest BCUT2D eigenvalue weighted by Gasteiger charge is 2.14. The molecule has 7 nitrogen and oxygen atoms in total. The van der Waals surface area contributed by atoms with E-state index in [2.05, 4.69) is 10.3 Å². The Hall–Kier alpha value is -2.32. The van der Waals surface area contributed by atoms with Crippen LogP contribution in [0.25, 0.3) is 0 Å². The second-order valence-corrected chi connectivity index (χ2v) is 5.81. The number of benzene rings is 1. The van der Waals surface area contributed by atoms with E-state index in [1.165, 1.54) is 11.3 Å². The molecule has 0 aliphatic carbocycles. The minimum atomic E-state index is -0.244. The van der Waals surface area contributed by atoms with Crippen molar-refractivity contribution >= 4 is 17.2 Å². The van der Waals surface area contributed by atoms with Gasteiger partial charge in [0, 0.05) is 30.0 Å². The number of rotatable bonds is 8. The molecular formula is C16H21N3O4S. The maximum Gasteiger partial charge on any atom is 0.271 e. The lowest BCUT2D eigenvalue weighted by Crippen LogP contribution is -2.23. The lowest BCUT2D eigenvalue weighted by molar-refractivity contribution is 0.0946. The zero-order chi connectivity index (χ0) is 17.5. The number of hydrogen-bond donors (Lipinski definition) is 2. The van der Waals surface area contributed by atoms with Crippen molar-refractivity contribution in [1.82, 2.24) is 10.3 Å². The van der Waals surface area contributed by atoms with Gasteiger partial charge in [0.25, 0.3) is 5.91 Å². The van der Waals surface area contributed by atoms with E-state index in [9.17, 15) is 4.79 Å². The normalized spacial score (nSPS) is 10.3. The van der Waals surface area contributed by atoms with Crippen LogP contribution in [0.15, 0.2) is 17.5 Å². The van der Waals surface area contributed by atoms with E-state index in [1.807, 2.05) is 0 Å². The first-order valence-electron chi connectivity index (χ1n) is 7.34. The highest BCUT2D eigenvalue weighted by atomic mass is 32.1. The second-order valence-electron chi connectivity index (χ2n) is 4.87. The standard InChI is InChI=1S/C16H21N3O4S/c1-21-12-7-14(23-3)13(22-2)6-10(12)8-18-16(20)11-9-24-15(19-11)4-5-17/h6-7,9H,4-5,8,17H2,1-3H3,(H,18,20). The first-order valence-corrected chi connectivity index (χ1v) is 8.22. The molecule has 0 aliphatic rings. The third kappa shape index (κ3) is 4.15. The van der Waals surface area contributed by atoms with E-state index >= 15 is 0 Å². The number of methoxy groups -OCH3 is 3. The summed E-state index contributed by atoms with van der Waals surface area (Å²) in [7, 11) is 4.67. The van der Waals surface area contributed by atoms with Crippen molar-refractivity contribution in [3.05, 3.63) is 33.8 Å². The topological polar surface area (TPSA) is 95.7 Å². The summed E-state index contributed by atoms with van der Waals surface area (Å²) in [6.07, 6.45) is 0.668. The van der Waals surface area contributed by atoms with Gasteiger partial charge in [-0.15, -0.1) is 11.3 Å². The van der Waals surface area contributed by atoms with E-state index in [0.29, 0.717) is 35.9 Å². The fraction of sp³-hybridized carbons (Fsp3) is 0.375. The highest BCUT2D eigenvalue weighted by Crippen LogP contribution is 2.34. The van der Waals surface area contributed by atoms with Crippen LogP contribution in [0.2, 0.25) is 0 Å². The molecule has 0 bridgehead atoms. The molecule has 1 amide bonds. The summed E-state index contributed by atoms with van der Waals surface area (Å²) in [4.78, 5) is 16.5. The minimum absolute atomic E-state index is 0.244. The molecule has 0 aliphatic heterocycles. The van der Waals surface area contributed by atoms with Crippen molar-refractivity contribution in [3.63, 3.8) is 0 Å². The Labute approximate surface area is 144 Å². The fourth-order valence-corrected chi connectivity index (χ4v) is 2.94. The Bertz CT molecular complexity index is 703. The quantitative estimate of drug-likeness (QED) is 0.750. The van der Waals surface area contributed by atoms with Crippen molar-refractivity contribution in [1.29, 1.82) is 0 Å². The molecule has 1 aromatic carbocycles. The molecular weight excluding hydrogens is 330 g/mol. The number of nitrogens with two attached hydrogens (primary N) is 1. The van der Waals surface area contributed by atoms with Crippen molar-refractivity contribution in [2.75, 3.05) is 27.9 Å². The summed E-state index contributed by atoms with van der Waals surface area (Å²) < 4.78 is 15.9. The van der Waals surface area contributed by atoms with Crippen LogP contribution in [0, 0.1) is 0 Å². The highest BCUT2D eigenvalue weighted by molar-refractivity contribution is 7.09. The van der Waals surface area contributed by atoms with E-state index in [4.69, 9.17) is 19.9 Å². The van der Waals surface area contributed by atoms with Crippen LogP contribution in [0.5, 0.6) is 17.2 Å². The Morgan fingerprint density at radius 1 is 1.17 bits per heavy atom. The Kier molecular flexibility index (Phi) is 6.39. The number of aromatic nitrogens is 1. The molecule has 3 N–H and O–H groups in total. The van der Waals surface area contributed by atoms with Gasteiger partial charge in [0.1, 0.15) is 11.4 Å². The average Bonchev–Trinajstić information content (AvgIpc) is 3.07. The molecule has 0 atom stereocenters. The molecule has 1 heterocycles. The summed E-state index contributed by atoms with van der Waals surface area (Å²) >= 11 is 1.43. The zero-order valence-electron chi connectivity index (χ0n) is 13.9. The van der Waals surface area contributed by atoms with Gasteiger partial charge >= 0.3 is 0 Å². The maximum absolute atomic E-state index is 12.2. The van der Waals surface area contributed by atoms with Crippen molar-refractivity contribution < 1.29 is 19.0 Å². The summed E-state index contributed by atoms with van der Waals surface area (Å²) in [6.45, 7) is 0.795. The summed E-state index contributed by atoms with van der Waals surface area (Å²) in [5, 5.41) is 5.41. The van der Waals surface area contributed by atoms with Crippen molar-refractivity contribution in [3.8, 4) is 17.2 Å². The van der Waals surface area contributed by atoms with Gasteiger partial charge in [-0.05, 0) is 12.6 Å². The summed E-state index contributed by atoms with van der Waals surface area (Å²) in [6, 6.07) is 3.50. The maximum atomic E-state index is 12.2. The molecule has 1 aromatic heterocycles. The number of ether oxygens (including phenoxy) is 3. The number of carbonyl (C=O) groups is 1. The third-order valence-electron chi connectivity index (χ3n) is 3.37. The van der Waals surface area contributed by atoms with Gasteiger partial charge in [0.15, 0.2) is 11.5 Å². The van der Waals surface area contributed by atoms with Gasteiger partial charge in [-0.1, -0.05) is 0 Å². The summed E-state index contributed by atoms with van der Waals surface area (Å²) in [5.41, 5.74) is 6.66. The van der Waals surface area contributed by atoms with E-state index in [1.54, 1.807) is 38.8 Å². The lowest BCUT2D eigenvalue weighted by atomic mass is 10.1. The van der Waals surface area contributed by atoms with Crippen LogP contribution >= 0.6 is 11.3 Å². The Morgan fingerprint density at radius 2 is 1.83 bits per heavy atom. The molecule has 2 rings (SSSR count). The monoisotopic (exact) mass is 351 g/mol. The molecule has 0 saturated carbocycles. The number of hydrogen-bond acceptors (Lipinski definition) is 7. The molecule has 0 saturated heterocycles. The SMILES string of the molecule is COc1cc(OC)c(OC)cc1CNC(=O)c1csc(CCN)n1. The summed E-state index contributed by atoms with van der Waals surface area (Å²) in [5.74, 6) is 1.50. The molecule has 2 aromatic rings.